The van der Waals surface area contributed by atoms with Crippen molar-refractivity contribution in [2.75, 3.05) is 19.6 Å². The van der Waals surface area contributed by atoms with Gasteiger partial charge in [-0.05, 0) is 70.4 Å². The van der Waals surface area contributed by atoms with Crippen LogP contribution >= 0.6 is 0 Å². The molecule has 6 nitrogen and oxygen atoms in total. The second-order valence-corrected chi connectivity index (χ2v) is 9.61. The van der Waals surface area contributed by atoms with Crippen molar-refractivity contribution in [2.45, 2.75) is 91.0 Å². The summed E-state index contributed by atoms with van der Waals surface area (Å²) in [6.45, 7) is 9.41. The van der Waals surface area contributed by atoms with Gasteiger partial charge in [-0.25, -0.2) is 9.50 Å². The summed E-state index contributed by atoms with van der Waals surface area (Å²) < 4.78 is 2.01. The number of aryl methyl sites for hydroxylation is 2. The lowest BCUT2D eigenvalue weighted by Crippen LogP contribution is -2.30. The van der Waals surface area contributed by atoms with E-state index in [1.807, 2.05) is 4.52 Å². The van der Waals surface area contributed by atoms with Crippen LogP contribution in [0.1, 0.15) is 93.4 Å². The molecule has 170 valence electrons. The molecule has 0 unspecified atom stereocenters. The van der Waals surface area contributed by atoms with Gasteiger partial charge in [-0.1, -0.05) is 26.2 Å². The molecular weight excluding hydrogens is 386 g/mol. The average Bonchev–Trinajstić information content (AvgIpc) is 3.39. The molecule has 1 saturated heterocycles. The molecule has 1 N–H and O–H groups in total. The van der Waals surface area contributed by atoms with Gasteiger partial charge in [0.25, 0.3) is 0 Å². The lowest BCUT2D eigenvalue weighted by Gasteiger charge is -2.30. The fraction of sp³-hybridized carbons (Fsp3) is 0.720. The third-order valence-corrected chi connectivity index (χ3v) is 7.28. The van der Waals surface area contributed by atoms with E-state index < -0.39 is 0 Å². The zero-order chi connectivity index (χ0) is 21.8. The van der Waals surface area contributed by atoms with E-state index in [-0.39, 0.29) is 5.91 Å². The molecule has 1 atom stereocenters. The standard InChI is InChI=1S/C25H39N5O/c1-4-14-26-25(31)13-12-21-18(2)27-24-16-22(28-30(24)19(21)3)23-11-8-15-29(23)17-20-9-6-5-7-10-20/h16,20,23H,4-15,17H2,1-3H3,(H,26,31)/t23-/m1/s1. The molecule has 1 aliphatic heterocycles. The van der Waals surface area contributed by atoms with E-state index in [1.165, 1.54) is 63.7 Å². The molecule has 2 aliphatic rings. The van der Waals surface area contributed by atoms with Crippen LogP contribution in [0.3, 0.4) is 0 Å². The highest BCUT2D eigenvalue weighted by Gasteiger charge is 2.30. The third kappa shape index (κ3) is 5.11. The van der Waals surface area contributed by atoms with Crippen LogP contribution < -0.4 is 5.32 Å². The Balaban J connectivity index is 1.50. The molecule has 31 heavy (non-hydrogen) atoms. The summed E-state index contributed by atoms with van der Waals surface area (Å²) in [5.74, 6) is 0.977. The molecule has 0 radical (unpaired) electrons. The Labute approximate surface area is 186 Å². The number of likely N-dealkylation sites (tertiary alicyclic amines) is 1. The van der Waals surface area contributed by atoms with Gasteiger partial charge >= 0.3 is 0 Å². The van der Waals surface area contributed by atoms with E-state index in [1.54, 1.807) is 0 Å². The molecule has 1 saturated carbocycles. The number of nitrogens with one attached hydrogen (secondary N) is 1. The second-order valence-electron chi connectivity index (χ2n) is 9.61. The summed E-state index contributed by atoms with van der Waals surface area (Å²) in [6.07, 6.45) is 11.6. The normalized spacial score (nSPS) is 20.5. The summed E-state index contributed by atoms with van der Waals surface area (Å²) in [5.41, 5.74) is 5.40. The van der Waals surface area contributed by atoms with Gasteiger partial charge in [0.1, 0.15) is 0 Å². The molecule has 1 amide bonds. The lowest BCUT2D eigenvalue weighted by atomic mass is 9.89. The van der Waals surface area contributed by atoms with Gasteiger partial charge in [0.05, 0.1) is 11.7 Å². The summed E-state index contributed by atoms with van der Waals surface area (Å²) in [6, 6.07) is 2.62. The molecule has 3 heterocycles. The topological polar surface area (TPSA) is 62.5 Å². The molecule has 0 aromatic carbocycles. The number of nitrogens with zero attached hydrogens (tertiary/aromatic N) is 4. The molecule has 6 heteroatoms. The smallest absolute Gasteiger partial charge is 0.220 e. The molecule has 2 fully saturated rings. The van der Waals surface area contributed by atoms with Crippen molar-refractivity contribution >= 4 is 11.6 Å². The largest absolute Gasteiger partial charge is 0.356 e. The Morgan fingerprint density at radius 3 is 2.74 bits per heavy atom. The van der Waals surface area contributed by atoms with E-state index in [4.69, 9.17) is 10.1 Å². The SMILES string of the molecule is CCCNC(=O)CCc1c(C)nc2cc([C@H]3CCCN3CC3CCCCC3)nn2c1C. The molecule has 2 aromatic rings. The van der Waals surface area contributed by atoms with E-state index in [9.17, 15) is 4.79 Å². The summed E-state index contributed by atoms with van der Waals surface area (Å²) >= 11 is 0. The highest BCUT2D eigenvalue weighted by molar-refractivity contribution is 5.76. The lowest BCUT2D eigenvalue weighted by molar-refractivity contribution is -0.121. The van der Waals surface area contributed by atoms with Crippen LogP contribution in [0.4, 0.5) is 0 Å². The highest BCUT2D eigenvalue weighted by Crippen LogP contribution is 2.35. The van der Waals surface area contributed by atoms with Crippen LogP contribution in [-0.2, 0) is 11.2 Å². The molecular formula is C25H39N5O. The fourth-order valence-corrected chi connectivity index (χ4v) is 5.54. The van der Waals surface area contributed by atoms with Crippen LogP contribution in [0.15, 0.2) is 6.07 Å². The Bertz CT molecular complexity index is 899. The van der Waals surface area contributed by atoms with Crippen LogP contribution in [-0.4, -0.2) is 45.0 Å². The number of carbonyl (C=O) groups is 1. The Morgan fingerprint density at radius 2 is 1.97 bits per heavy atom. The van der Waals surface area contributed by atoms with Crippen molar-refractivity contribution < 1.29 is 4.79 Å². The average molecular weight is 426 g/mol. The quantitative estimate of drug-likeness (QED) is 0.675. The third-order valence-electron chi connectivity index (χ3n) is 7.28. The van der Waals surface area contributed by atoms with Crippen LogP contribution in [0, 0.1) is 19.8 Å². The van der Waals surface area contributed by atoms with E-state index in [0.717, 1.165) is 41.5 Å². The van der Waals surface area contributed by atoms with Gasteiger partial charge in [-0.2, -0.15) is 5.10 Å². The summed E-state index contributed by atoms with van der Waals surface area (Å²) in [7, 11) is 0. The molecule has 4 rings (SSSR count). The Hall–Kier alpha value is -1.95. The Kier molecular flexibility index (Phi) is 7.26. The van der Waals surface area contributed by atoms with Crippen molar-refractivity contribution in [3.05, 3.63) is 28.7 Å². The number of aromatic nitrogens is 3. The van der Waals surface area contributed by atoms with Crippen LogP contribution in [0.25, 0.3) is 5.65 Å². The maximum Gasteiger partial charge on any atom is 0.220 e. The van der Waals surface area contributed by atoms with Crippen molar-refractivity contribution in [3.8, 4) is 0 Å². The predicted octanol–water partition coefficient (Wildman–Crippen LogP) is 4.52. The molecule has 0 spiro atoms. The maximum absolute atomic E-state index is 12.1. The van der Waals surface area contributed by atoms with Gasteiger partial charge in [0, 0.05) is 37.0 Å². The first-order valence-electron chi connectivity index (χ1n) is 12.4. The zero-order valence-corrected chi connectivity index (χ0v) is 19.6. The number of carbonyl (C=O) groups excluding carboxylic acids is 1. The second kappa shape index (κ2) is 10.1. The zero-order valence-electron chi connectivity index (χ0n) is 19.6. The van der Waals surface area contributed by atoms with E-state index >= 15 is 0 Å². The number of hydrogen-bond donors (Lipinski definition) is 1. The molecule has 1 aliphatic carbocycles. The van der Waals surface area contributed by atoms with Crippen molar-refractivity contribution in [1.29, 1.82) is 0 Å². The number of rotatable bonds is 8. The minimum atomic E-state index is 0.117. The van der Waals surface area contributed by atoms with Gasteiger partial charge in [-0.3, -0.25) is 9.69 Å². The van der Waals surface area contributed by atoms with E-state index in [0.29, 0.717) is 18.9 Å². The number of hydrogen-bond acceptors (Lipinski definition) is 4. The minimum Gasteiger partial charge on any atom is -0.356 e. The van der Waals surface area contributed by atoms with Gasteiger partial charge in [0.15, 0.2) is 5.65 Å². The first-order chi connectivity index (χ1) is 15.1. The summed E-state index contributed by atoms with van der Waals surface area (Å²) in [5, 5.41) is 8.00. The van der Waals surface area contributed by atoms with Gasteiger partial charge in [-0.15, -0.1) is 0 Å². The van der Waals surface area contributed by atoms with Crippen LogP contribution in [0.2, 0.25) is 0 Å². The monoisotopic (exact) mass is 425 g/mol. The van der Waals surface area contributed by atoms with Crippen LogP contribution in [0.5, 0.6) is 0 Å². The first kappa shape index (κ1) is 22.3. The fourth-order valence-electron chi connectivity index (χ4n) is 5.54. The molecule has 2 aromatic heterocycles. The van der Waals surface area contributed by atoms with E-state index in [2.05, 4.69) is 37.1 Å². The van der Waals surface area contributed by atoms with Gasteiger partial charge < -0.3 is 5.32 Å². The van der Waals surface area contributed by atoms with Gasteiger partial charge in [0.2, 0.25) is 5.91 Å². The van der Waals surface area contributed by atoms with Crippen molar-refractivity contribution in [1.82, 2.24) is 24.8 Å². The first-order valence-corrected chi connectivity index (χ1v) is 12.4. The van der Waals surface area contributed by atoms with Crippen molar-refractivity contribution in [3.63, 3.8) is 0 Å². The highest BCUT2D eigenvalue weighted by atomic mass is 16.1. The molecule has 0 bridgehead atoms. The Morgan fingerprint density at radius 1 is 1.16 bits per heavy atom. The van der Waals surface area contributed by atoms with Crippen molar-refractivity contribution in [2.24, 2.45) is 5.92 Å². The summed E-state index contributed by atoms with van der Waals surface area (Å²) in [4.78, 5) is 19.6. The number of fused-ring (bicyclic) bond motifs is 1. The number of amides is 1. The minimum absolute atomic E-state index is 0.117. The maximum atomic E-state index is 12.1. The predicted molar refractivity (Wildman–Crippen MR) is 124 cm³/mol.